The highest BCUT2D eigenvalue weighted by molar-refractivity contribution is 5.80. The Morgan fingerprint density at radius 2 is 1.67 bits per heavy atom. The van der Waals surface area contributed by atoms with Gasteiger partial charge in [0.1, 0.15) is 5.75 Å². The molecule has 1 saturated heterocycles. The van der Waals surface area contributed by atoms with E-state index in [1.54, 1.807) is 7.11 Å². The van der Waals surface area contributed by atoms with Crippen LogP contribution in [0, 0.1) is 0 Å². The first-order chi connectivity index (χ1) is 16.1. The van der Waals surface area contributed by atoms with Gasteiger partial charge in [-0.2, -0.15) is 0 Å². The summed E-state index contributed by atoms with van der Waals surface area (Å²) in [6.45, 7) is 0. The normalized spacial score (nSPS) is 17.6. The molecule has 4 rings (SSSR count). The Labute approximate surface area is 195 Å². The van der Waals surface area contributed by atoms with E-state index < -0.39 is 5.54 Å². The van der Waals surface area contributed by atoms with Crippen molar-refractivity contribution in [3.8, 4) is 5.75 Å². The fraction of sp³-hybridized carbons (Fsp3) is 0.286. The minimum absolute atomic E-state index is 0.0288. The molecule has 0 bridgehead atoms. The van der Waals surface area contributed by atoms with Crippen LogP contribution in [-0.2, 0) is 16.0 Å². The monoisotopic (exact) mass is 442 g/mol. The number of carbonyl (C=O) groups is 2. The van der Waals surface area contributed by atoms with Gasteiger partial charge in [-0.1, -0.05) is 72.8 Å². The summed E-state index contributed by atoms with van der Waals surface area (Å²) in [7, 11) is 1.65. The van der Waals surface area contributed by atoms with Gasteiger partial charge >= 0.3 is 0 Å². The van der Waals surface area contributed by atoms with Gasteiger partial charge in [0.15, 0.2) is 0 Å². The van der Waals surface area contributed by atoms with E-state index >= 15 is 0 Å². The average molecular weight is 443 g/mol. The molecule has 170 valence electrons. The standard InChI is InChI=1S/C28H30N2O3/c1-33-24-14-8-9-21(19-24)20-28(18-16-26(32)30-28)17-15-25(31)29-27(22-10-4-2-5-11-22)23-12-6-3-7-13-23/h2-14,19,27H,15-18,20H2,1H3,(H,29,31)(H,30,32)/t28-/m1/s1. The first kappa shape index (κ1) is 22.6. The maximum atomic E-state index is 13.1. The molecule has 3 aromatic carbocycles. The molecule has 2 amide bonds. The fourth-order valence-corrected chi connectivity index (χ4v) is 4.59. The number of benzene rings is 3. The minimum Gasteiger partial charge on any atom is -0.497 e. The van der Waals surface area contributed by atoms with Crippen LogP contribution in [-0.4, -0.2) is 24.5 Å². The lowest BCUT2D eigenvalue weighted by Gasteiger charge is -2.30. The molecule has 1 fully saturated rings. The van der Waals surface area contributed by atoms with Crippen molar-refractivity contribution in [2.75, 3.05) is 7.11 Å². The molecule has 1 atom stereocenters. The molecule has 1 aliphatic rings. The second-order valence-electron chi connectivity index (χ2n) is 8.68. The smallest absolute Gasteiger partial charge is 0.220 e. The molecule has 5 heteroatoms. The Morgan fingerprint density at radius 1 is 1.00 bits per heavy atom. The van der Waals surface area contributed by atoms with Crippen LogP contribution in [0.4, 0.5) is 0 Å². The molecule has 0 saturated carbocycles. The molecule has 0 unspecified atom stereocenters. The highest BCUT2D eigenvalue weighted by Gasteiger charge is 2.38. The summed E-state index contributed by atoms with van der Waals surface area (Å²) in [6, 6.07) is 27.6. The van der Waals surface area contributed by atoms with E-state index in [0.29, 0.717) is 25.7 Å². The van der Waals surface area contributed by atoms with Gasteiger partial charge in [0.25, 0.3) is 0 Å². The molecule has 0 aliphatic carbocycles. The number of carbonyl (C=O) groups excluding carboxylic acids is 2. The average Bonchev–Trinajstić information content (AvgIpc) is 3.22. The van der Waals surface area contributed by atoms with E-state index in [-0.39, 0.29) is 17.9 Å². The zero-order chi connectivity index (χ0) is 23.1. The van der Waals surface area contributed by atoms with Crippen LogP contribution in [0.1, 0.15) is 48.4 Å². The van der Waals surface area contributed by atoms with Crippen molar-refractivity contribution in [1.82, 2.24) is 10.6 Å². The summed E-state index contributed by atoms with van der Waals surface area (Å²) in [5.74, 6) is 0.807. The molecule has 2 N–H and O–H groups in total. The van der Waals surface area contributed by atoms with E-state index in [4.69, 9.17) is 4.74 Å². The van der Waals surface area contributed by atoms with E-state index in [1.807, 2.05) is 84.9 Å². The van der Waals surface area contributed by atoms with E-state index in [9.17, 15) is 9.59 Å². The third-order valence-corrected chi connectivity index (χ3v) is 6.31. The predicted octanol–water partition coefficient (Wildman–Crippen LogP) is 4.57. The van der Waals surface area contributed by atoms with Crippen LogP contribution in [0.2, 0.25) is 0 Å². The van der Waals surface area contributed by atoms with Crippen molar-refractivity contribution in [1.29, 1.82) is 0 Å². The third-order valence-electron chi connectivity index (χ3n) is 6.31. The lowest BCUT2D eigenvalue weighted by Crippen LogP contribution is -2.44. The van der Waals surface area contributed by atoms with Crippen molar-refractivity contribution >= 4 is 11.8 Å². The van der Waals surface area contributed by atoms with E-state index in [2.05, 4.69) is 10.6 Å². The Hall–Kier alpha value is -3.60. The molecule has 3 aromatic rings. The lowest BCUT2D eigenvalue weighted by molar-refractivity contribution is -0.123. The van der Waals surface area contributed by atoms with Gasteiger partial charge in [-0.05, 0) is 48.1 Å². The van der Waals surface area contributed by atoms with Gasteiger partial charge in [0.05, 0.1) is 13.2 Å². The first-order valence-corrected chi connectivity index (χ1v) is 11.4. The number of ether oxygens (including phenoxy) is 1. The highest BCUT2D eigenvalue weighted by atomic mass is 16.5. The van der Waals surface area contributed by atoms with Crippen molar-refractivity contribution in [3.05, 3.63) is 102 Å². The number of hydrogen-bond donors (Lipinski definition) is 2. The Kier molecular flexibility index (Phi) is 7.08. The summed E-state index contributed by atoms with van der Waals surface area (Å²) < 4.78 is 5.35. The molecule has 0 spiro atoms. The molecule has 5 nitrogen and oxygen atoms in total. The van der Waals surface area contributed by atoms with Gasteiger partial charge in [-0.3, -0.25) is 9.59 Å². The number of nitrogens with one attached hydrogen (secondary N) is 2. The zero-order valence-electron chi connectivity index (χ0n) is 18.9. The molecule has 33 heavy (non-hydrogen) atoms. The molecular formula is C28H30N2O3. The highest BCUT2D eigenvalue weighted by Crippen LogP contribution is 2.31. The number of hydrogen-bond acceptors (Lipinski definition) is 3. The van der Waals surface area contributed by atoms with Crippen LogP contribution < -0.4 is 15.4 Å². The Morgan fingerprint density at radius 3 is 2.24 bits per heavy atom. The van der Waals surface area contributed by atoms with Crippen molar-refractivity contribution in [2.24, 2.45) is 0 Å². The van der Waals surface area contributed by atoms with E-state index in [0.717, 1.165) is 28.9 Å². The van der Waals surface area contributed by atoms with Crippen LogP contribution in [0.25, 0.3) is 0 Å². The largest absolute Gasteiger partial charge is 0.497 e. The number of rotatable bonds is 9. The van der Waals surface area contributed by atoms with Gasteiger partial charge in [-0.15, -0.1) is 0 Å². The number of amides is 2. The topological polar surface area (TPSA) is 67.4 Å². The SMILES string of the molecule is COc1cccc(C[C@@]2(CCC(=O)NC(c3ccccc3)c3ccccc3)CCC(=O)N2)c1. The second kappa shape index (κ2) is 10.3. The van der Waals surface area contributed by atoms with E-state index in [1.165, 1.54) is 0 Å². The first-order valence-electron chi connectivity index (χ1n) is 11.4. The molecule has 0 aromatic heterocycles. The fourth-order valence-electron chi connectivity index (χ4n) is 4.59. The van der Waals surface area contributed by atoms with Crippen molar-refractivity contribution in [3.63, 3.8) is 0 Å². The maximum absolute atomic E-state index is 13.1. The summed E-state index contributed by atoms with van der Waals surface area (Å²) in [6.07, 6.45) is 2.79. The van der Waals surface area contributed by atoms with Crippen LogP contribution in [0.3, 0.4) is 0 Å². The molecule has 1 heterocycles. The summed E-state index contributed by atoms with van der Waals surface area (Å²) >= 11 is 0. The van der Waals surface area contributed by atoms with Gasteiger partial charge in [-0.25, -0.2) is 0 Å². The van der Waals surface area contributed by atoms with Crippen LogP contribution in [0.15, 0.2) is 84.9 Å². The Balaban J connectivity index is 1.47. The van der Waals surface area contributed by atoms with Gasteiger partial charge in [0.2, 0.25) is 11.8 Å². The predicted molar refractivity (Wildman–Crippen MR) is 129 cm³/mol. The zero-order valence-corrected chi connectivity index (χ0v) is 18.9. The summed E-state index contributed by atoms with van der Waals surface area (Å²) in [5, 5.41) is 6.38. The van der Waals surface area contributed by atoms with Crippen LogP contribution >= 0.6 is 0 Å². The maximum Gasteiger partial charge on any atom is 0.220 e. The lowest BCUT2D eigenvalue weighted by atomic mass is 9.84. The molecule has 1 aliphatic heterocycles. The third kappa shape index (κ3) is 5.80. The van der Waals surface area contributed by atoms with Gasteiger partial charge in [0, 0.05) is 18.4 Å². The van der Waals surface area contributed by atoms with Crippen LogP contribution in [0.5, 0.6) is 5.75 Å². The number of methoxy groups -OCH3 is 1. The minimum atomic E-state index is -0.421. The summed E-state index contributed by atoms with van der Waals surface area (Å²) in [5.41, 5.74) is 2.74. The van der Waals surface area contributed by atoms with Gasteiger partial charge < -0.3 is 15.4 Å². The molecule has 0 radical (unpaired) electrons. The van der Waals surface area contributed by atoms with Crippen molar-refractivity contribution < 1.29 is 14.3 Å². The summed E-state index contributed by atoms with van der Waals surface area (Å²) in [4.78, 5) is 25.2. The van der Waals surface area contributed by atoms with Crippen molar-refractivity contribution in [2.45, 2.75) is 43.7 Å². The molecular weight excluding hydrogens is 412 g/mol. The second-order valence-corrected chi connectivity index (χ2v) is 8.68. The Bertz CT molecular complexity index is 1050. The quantitative estimate of drug-likeness (QED) is 0.510.